The minimum Gasteiger partial charge on any atom is -0.311 e. The molecule has 0 N–H and O–H groups in total. The molecule has 0 heterocycles. The number of fused-ring (bicyclic) bond motifs is 10. The first kappa shape index (κ1) is 29.7. The first-order valence-corrected chi connectivity index (χ1v) is 18.4. The van der Waals surface area contributed by atoms with Crippen LogP contribution in [0.3, 0.4) is 0 Å². The second-order valence-electron chi connectivity index (χ2n) is 14.0. The van der Waals surface area contributed by atoms with Crippen LogP contribution in [0.15, 0.2) is 200 Å². The van der Waals surface area contributed by atoms with Crippen LogP contribution in [-0.2, 0) is 0 Å². The smallest absolute Gasteiger partial charge is 0.0462 e. The van der Waals surface area contributed by atoms with Crippen LogP contribution in [-0.4, -0.2) is 0 Å². The molecule has 0 aromatic heterocycles. The normalized spacial score (nSPS) is 13.1. The van der Waals surface area contributed by atoms with Crippen LogP contribution < -0.4 is 4.90 Å². The van der Waals surface area contributed by atoms with Gasteiger partial charge in [0.2, 0.25) is 0 Å². The Morgan fingerprint density at radius 2 is 0.679 bits per heavy atom. The van der Waals surface area contributed by atoms with Crippen molar-refractivity contribution in [1.29, 1.82) is 0 Å². The van der Waals surface area contributed by atoms with Gasteiger partial charge in [-0.25, -0.2) is 0 Å². The molecule has 0 saturated heterocycles. The van der Waals surface area contributed by atoms with Crippen LogP contribution >= 0.6 is 0 Å². The quantitative estimate of drug-likeness (QED) is 0.176. The summed E-state index contributed by atoms with van der Waals surface area (Å²) in [6.07, 6.45) is 0. The molecule has 1 nitrogen and oxygen atoms in total. The lowest BCUT2D eigenvalue weighted by Gasteiger charge is -2.25. The third-order valence-corrected chi connectivity index (χ3v) is 11.1. The number of hydrogen-bond acceptors (Lipinski definition) is 1. The second kappa shape index (κ2) is 11.8. The molecular weight excluding hydrogens is 639 g/mol. The standard InChI is InChI=1S/C52H33N/c1-3-18-38(19-4-1)53(39-20-5-2-6-21-39)40-30-26-37(27-31-40)47-48-42-23-11-8-15-35(42)28-32-45(48)52-50(44-25-13-17-34-14-7-10-22-41(34)44)49-43-24-12-9-16-36(43)29-33-46(49)51(47)52/h1-33H. The lowest BCUT2D eigenvalue weighted by Crippen LogP contribution is -2.09. The molecule has 9 aromatic carbocycles. The lowest BCUT2D eigenvalue weighted by atomic mass is 9.86. The van der Waals surface area contributed by atoms with Crippen molar-refractivity contribution < 1.29 is 0 Å². The Balaban J connectivity index is 1.23. The minimum absolute atomic E-state index is 1.12. The molecule has 2 aliphatic carbocycles. The fraction of sp³-hybridized carbons (Fsp3) is 0. The number of nitrogens with zero attached hydrogens (tertiary/aromatic N) is 1. The zero-order chi connectivity index (χ0) is 34.9. The number of rotatable bonds is 5. The van der Waals surface area contributed by atoms with Gasteiger partial charge in [-0.2, -0.15) is 0 Å². The fourth-order valence-corrected chi connectivity index (χ4v) is 8.92. The van der Waals surface area contributed by atoms with Gasteiger partial charge in [0.15, 0.2) is 0 Å². The Labute approximate surface area is 309 Å². The average molecular weight is 672 g/mol. The van der Waals surface area contributed by atoms with Gasteiger partial charge in [0.05, 0.1) is 0 Å². The first-order valence-electron chi connectivity index (χ1n) is 18.4. The summed E-state index contributed by atoms with van der Waals surface area (Å²) in [5, 5.41) is 7.63. The summed E-state index contributed by atoms with van der Waals surface area (Å²) < 4.78 is 0. The van der Waals surface area contributed by atoms with Gasteiger partial charge in [-0.15, -0.1) is 0 Å². The third kappa shape index (κ3) is 4.51. The summed E-state index contributed by atoms with van der Waals surface area (Å²) in [6, 6.07) is 73.3. The maximum Gasteiger partial charge on any atom is 0.0462 e. The largest absolute Gasteiger partial charge is 0.311 e. The zero-order valence-electron chi connectivity index (χ0n) is 29.0. The van der Waals surface area contributed by atoms with Crippen molar-refractivity contribution in [3.8, 4) is 0 Å². The van der Waals surface area contributed by atoms with Gasteiger partial charge in [0.1, 0.15) is 0 Å². The fourth-order valence-electron chi connectivity index (χ4n) is 8.92. The summed E-state index contributed by atoms with van der Waals surface area (Å²) in [5.41, 5.74) is 16.4. The summed E-state index contributed by atoms with van der Waals surface area (Å²) in [7, 11) is 0. The predicted octanol–water partition coefficient (Wildman–Crippen LogP) is 13.9. The van der Waals surface area contributed by atoms with E-state index in [0.717, 1.165) is 17.1 Å². The first-order chi connectivity index (χ1) is 26.3. The third-order valence-electron chi connectivity index (χ3n) is 11.1. The van der Waals surface area contributed by atoms with E-state index in [1.807, 2.05) is 0 Å². The van der Waals surface area contributed by atoms with Crippen molar-refractivity contribution in [3.63, 3.8) is 0 Å². The van der Waals surface area contributed by atoms with E-state index >= 15 is 0 Å². The maximum absolute atomic E-state index is 2.38. The van der Waals surface area contributed by atoms with Gasteiger partial charge >= 0.3 is 0 Å². The monoisotopic (exact) mass is 671 g/mol. The SMILES string of the molecule is c1ccc(N(c2ccccc2)c2ccc(C3=C4C(=C(c5cccc6ccccc56)c5c4ccc4ccccc54)c4ccc5ccccc5c43)cc2)cc1. The highest BCUT2D eigenvalue weighted by molar-refractivity contribution is 6.39. The molecule has 0 atom stereocenters. The molecule has 9 aromatic rings. The average Bonchev–Trinajstić information content (AvgIpc) is 3.75. The zero-order valence-corrected chi connectivity index (χ0v) is 29.0. The van der Waals surface area contributed by atoms with Crippen LogP contribution in [0, 0.1) is 0 Å². The summed E-state index contributed by atoms with van der Waals surface area (Å²) in [4.78, 5) is 2.33. The molecule has 0 radical (unpaired) electrons. The van der Waals surface area contributed by atoms with E-state index < -0.39 is 0 Å². The minimum atomic E-state index is 1.12. The van der Waals surface area contributed by atoms with Crippen molar-refractivity contribution in [2.24, 2.45) is 0 Å². The summed E-state index contributed by atoms with van der Waals surface area (Å²) in [5.74, 6) is 0. The number of anilines is 3. The van der Waals surface area contributed by atoms with E-state index in [1.54, 1.807) is 0 Å². The molecule has 246 valence electrons. The van der Waals surface area contributed by atoms with Crippen molar-refractivity contribution in [1.82, 2.24) is 0 Å². The lowest BCUT2D eigenvalue weighted by molar-refractivity contribution is 1.28. The highest BCUT2D eigenvalue weighted by atomic mass is 15.1. The molecule has 0 saturated carbocycles. The molecule has 11 rings (SSSR count). The van der Waals surface area contributed by atoms with Crippen LogP contribution in [0.5, 0.6) is 0 Å². The molecule has 0 bridgehead atoms. The van der Waals surface area contributed by atoms with Crippen LogP contribution in [0.25, 0.3) is 54.6 Å². The summed E-state index contributed by atoms with van der Waals surface area (Å²) in [6.45, 7) is 0. The van der Waals surface area contributed by atoms with Crippen molar-refractivity contribution in [3.05, 3.63) is 234 Å². The van der Waals surface area contributed by atoms with Crippen molar-refractivity contribution >= 4 is 71.7 Å². The van der Waals surface area contributed by atoms with Gasteiger partial charge in [-0.05, 0) is 124 Å². The van der Waals surface area contributed by atoms with Gasteiger partial charge < -0.3 is 4.90 Å². The van der Waals surface area contributed by atoms with Crippen molar-refractivity contribution in [2.45, 2.75) is 0 Å². The second-order valence-corrected chi connectivity index (χ2v) is 14.0. The molecule has 0 aliphatic heterocycles. The molecule has 0 amide bonds. The van der Waals surface area contributed by atoms with Crippen molar-refractivity contribution in [2.75, 3.05) is 4.90 Å². The Kier molecular flexibility index (Phi) is 6.62. The Morgan fingerprint density at radius 3 is 1.26 bits per heavy atom. The number of hydrogen-bond donors (Lipinski definition) is 0. The number of para-hydroxylation sites is 2. The number of allylic oxidation sites excluding steroid dienone is 2. The Bertz CT molecular complexity index is 2920. The van der Waals surface area contributed by atoms with Crippen LogP contribution in [0.2, 0.25) is 0 Å². The van der Waals surface area contributed by atoms with Gasteiger partial charge in [-0.3, -0.25) is 0 Å². The summed E-state index contributed by atoms with van der Waals surface area (Å²) >= 11 is 0. The van der Waals surface area contributed by atoms with Gasteiger partial charge in [-0.1, -0.05) is 164 Å². The molecular formula is C52H33N. The molecule has 2 aliphatic rings. The topological polar surface area (TPSA) is 3.24 Å². The molecule has 0 fully saturated rings. The molecule has 1 heteroatoms. The van der Waals surface area contributed by atoms with Gasteiger partial charge in [0.25, 0.3) is 0 Å². The number of benzene rings is 9. The van der Waals surface area contributed by atoms with E-state index in [0.29, 0.717) is 0 Å². The van der Waals surface area contributed by atoms with Crippen LogP contribution in [0.1, 0.15) is 33.4 Å². The highest BCUT2D eigenvalue weighted by Gasteiger charge is 2.39. The molecule has 53 heavy (non-hydrogen) atoms. The molecule has 0 unspecified atom stereocenters. The van der Waals surface area contributed by atoms with E-state index in [9.17, 15) is 0 Å². The van der Waals surface area contributed by atoms with Crippen LogP contribution in [0.4, 0.5) is 17.1 Å². The molecule has 0 spiro atoms. The van der Waals surface area contributed by atoms with E-state index in [2.05, 4.69) is 205 Å². The maximum atomic E-state index is 2.38. The van der Waals surface area contributed by atoms with E-state index in [1.165, 1.54) is 88.0 Å². The van der Waals surface area contributed by atoms with E-state index in [4.69, 9.17) is 0 Å². The highest BCUT2D eigenvalue weighted by Crippen LogP contribution is 2.61. The predicted molar refractivity (Wildman–Crippen MR) is 225 cm³/mol. The Morgan fingerprint density at radius 1 is 0.245 bits per heavy atom. The van der Waals surface area contributed by atoms with Gasteiger partial charge in [0, 0.05) is 17.1 Å². The Hall–Kier alpha value is -6.96. The van der Waals surface area contributed by atoms with E-state index in [-0.39, 0.29) is 0 Å².